The van der Waals surface area contributed by atoms with Crippen LogP contribution >= 0.6 is 0 Å². The van der Waals surface area contributed by atoms with E-state index in [1.54, 1.807) is 0 Å². The molecule has 5 aromatic carbocycles. The van der Waals surface area contributed by atoms with E-state index in [-0.39, 0.29) is 0 Å². The fraction of sp³-hybridized carbons (Fsp3) is 0.0811. The Morgan fingerprint density at radius 1 is 0.625 bits per heavy atom. The molecule has 0 bridgehead atoms. The molecule has 3 heteroatoms. The second-order valence-corrected chi connectivity index (χ2v) is 10.4. The van der Waals surface area contributed by atoms with Gasteiger partial charge in [-0.2, -0.15) is 0 Å². The fourth-order valence-corrected chi connectivity index (χ4v) is 6.59. The molecule has 0 amide bonds. The molecule has 8 rings (SSSR count). The Balaban J connectivity index is 1.34. The van der Waals surface area contributed by atoms with Crippen molar-refractivity contribution in [1.29, 1.82) is 0 Å². The minimum atomic E-state index is -0.572. The second kappa shape index (κ2) is 8.49. The molecule has 0 radical (unpaired) electrons. The summed E-state index contributed by atoms with van der Waals surface area (Å²) in [5.41, 5.74) is 8.18. The highest BCUT2D eigenvalue weighted by molar-refractivity contribution is 5.91. The molecule has 3 nitrogen and oxygen atoms in total. The zero-order valence-corrected chi connectivity index (χ0v) is 22.3. The fourth-order valence-electron chi connectivity index (χ4n) is 6.59. The molecule has 0 saturated heterocycles. The first-order chi connectivity index (χ1) is 19.7. The van der Waals surface area contributed by atoms with Gasteiger partial charge in [-0.05, 0) is 66.9 Å². The quantitative estimate of drug-likeness (QED) is 0.233. The molecule has 0 saturated carbocycles. The number of furan rings is 1. The minimum absolute atomic E-state index is 0.572. The summed E-state index contributed by atoms with van der Waals surface area (Å²) in [7, 11) is 0. The van der Waals surface area contributed by atoms with E-state index in [2.05, 4.69) is 91.0 Å². The predicted octanol–water partition coefficient (Wildman–Crippen LogP) is 10.0. The van der Waals surface area contributed by atoms with Gasteiger partial charge in [0.15, 0.2) is 0 Å². The van der Waals surface area contributed by atoms with Gasteiger partial charge in [0.05, 0.1) is 11.0 Å². The molecule has 0 unspecified atom stereocenters. The minimum Gasteiger partial charge on any atom is -0.461 e. The van der Waals surface area contributed by atoms with Gasteiger partial charge in [0, 0.05) is 22.1 Å². The summed E-state index contributed by atoms with van der Waals surface area (Å²) in [6.07, 6.45) is 4.16. The van der Waals surface area contributed by atoms with Gasteiger partial charge in [0.25, 0.3) is 0 Å². The maximum atomic E-state index is 6.45. The van der Waals surface area contributed by atoms with Crippen LogP contribution in [0.5, 0.6) is 23.0 Å². The van der Waals surface area contributed by atoms with E-state index in [1.807, 2.05) is 44.2 Å². The number of aryl methyl sites for hydroxylation is 1. The van der Waals surface area contributed by atoms with Crippen molar-refractivity contribution in [3.63, 3.8) is 0 Å². The molecule has 0 spiro atoms. The van der Waals surface area contributed by atoms with Crippen molar-refractivity contribution in [2.75, 3.05) is 0 Å². The average molecular weight is 519 g/mol. The van der Waals surface area contributed by atoms with Crippen LogP contribution in [0.25, 0.3) is 28.2 Å². The summed E-state index contributed by atoms with van der Waals surface area (Å²) in [6, 6.07) is 38.2. The topological polar surface area (TPSA) is 31.6 Å². The molecule has 2 aliphatic rings. The molecule has 1 aromatic heterocycles. The predicted molar refractivity (Wildman–Crippen MR) is 160 cm³/mol. The van der Waals surface area contributed by atoms with Gasteiger partial charge in [0.2, 0.25) is 0 Å². The molecule has 6 aromatic rings. The van der Waals surface area contributed by atoms with Crippen molar-refractivity contribution in [2.24, 2.45) is 0 Å². The number of ether oxygens (including phenoxy) is 2. The molecule has 0 atom stereocenters. The van der Waals surface area contributed by atoms with E-state index >= 15 is 0 Å². The number of hydrogen-bond acceptors (Lipinski definition) is 3. The lowest BCUT2D eigenvalue weighted by Crippen LogP contribution is -2.36. The standard InChI is InChI=1S/C37H26O3/c1-3-9-27-23(2)38-35-22-25(18-21-28(27)35)24-16-19-26(20-17-24)37-29-10-4-6-12-31(29)39-33-14-8-15-34(36(33)37)40-32-13-7-5-11-30(32)37/h3-22H,1-2H3/b9-3-. The Labute approximate surface area is 232 Å². The van der Waals surface area contributed by atoms with Gasteiger partial charge in [-0.25, -0.2) is 0 Å². The Morgan fingerprint density at radius 3 is 1.88 bits per heavy atom. The van der Waals surface area contributed by atoms with Gasteiger partial charge in [-0.1, -0.05) is 84.9 Å². The molecule has 0 aliphatic carbocycles. The summed E-state index contributed by atoms with van der Waals surface area (Å²) in [5.74, 6) is 4.31. The second-order valence-electron chi connectivity index (χ2n) is 10.4. The van der Waals surface area contributed by atoms with E-state index in [0.717, 1.165) is 73.1 Å². The summed E-state index contributed by atoms with van der Waals surface area (Å²) in [4.78, 5) is 0. The molecular weight excluding hydrogens is 492 g/mol. The first kappa shape index (κ1) is 22.9. The number of hydrogen-bond donors (Lipinski definition) is 0. The lowest BCUT2D eigenvalue weighted by molar-refractivity contribution is 0.385. The van der Waals surface area contributed by atoms with E-state index in [9.17, 15) is 0 Å². The number of para-hydroxylation sites is 2. The van der Waals surface area contributed by atoms with Crippen LogP contribution in [0, 0.1) is 6.92 Å². The van der Waals surface area contributed by atoms with Crippen molar-refractivity contribution >= 4 is 17.0 Å². The highest BCUT2D eigenvalue weighted by Gasteiger charge is 2.50. The summed E-state index contributed by atoms with van der Waals surface area (Å²) >= 11 is 0. The van der Waals surface area contributed by atoms with E-state index in [0.29, 0.717) is 0 Å². The monoisotopic (exact) mass is 518 g/mol. The Bertz CT molecular complexity index is 1910. The normalized spacial score (nSPS) is 14.2. The van der Waals surface area contributed by atoms with Crippen LogP contribution in [0.15, 0.2) is 120 Å². The summed E-state index contributed by atoms with van der Waals surface area (Å²) in [5, 5.41) is 1.14. The largest absolute Gasteiger partial charge is 0.461 e. The Hall–Kier alpha value is -5.02. The molecule has 0 N–H and O–H groups in total. The smallest absolute Gasteiger partial charge is 0.135 e. The number of benzene rings is 5. The van der Waals surface area contributed by atoms with Gasteiger partial charge in [0.1, 0.15) is 34.3 Å². The van der Waals surface area contributed by atoms with Crippen molar-refractivity contribution in [3.8, 4) is 34.1 Å². The third-order valence-electron chi connectivity index (χ3n) is 8.28. The van der Waals surface area contributed by atoms with Crippen molar-refractivity contribution < 1.29 is 13.9 Å². The average Bonchev–Trinajstić information content (AvgIpc) is 3.31. The SMILES string of the molecule is C/C=C\c1c(C)oc2cc(-c3ccc(C45c6ccccc6Oc6cccc(c64)Oc4ccccc45)cc3)ccc12. The maximum absolute atomic E-state index is 6.45. The zero-order chi connectivity index (χ0) is 26.8. The summed E-state index contributed by atoms with van der Waals surface area (Å²) < 4.78 is 19.0. The van der Waals surface area contributed by atoms with E-state index < -0.39 is 5.41 Å². The van der Waals surface area contributed by atoms with Gasteiger partial charge < -0.3 is 13.9 Å². The third-order valence-corrected chi connectivity index (χ3v) is 8.28. The van der Waals surface area contributed by atoms with Crippen molar-refractivity contribution in [2.45, 2.75) is 19.3 Å². The number of fused-ring (bicyclic) bond motifs is 5. The van der Waals surface area contributed by atoms with Crippen molar-refractivity contribution in [3.05, 3.63) is 149 Å². The zero-order valence-electron chi connectivity index (χ0n) is 22.3. The molecule has 0 fully saturated rings. The van der Waals surface area contributed by atoms with Crippen LogP contribution in [0.4, 0.5) is 0 Å². The molecular formula is C37H26O3. The van der Waals surface area contributed by atoms with Crippen LogP contribution < -0.4 is 9.47 Å². The first-order valence-electron chi connectivity index (χ1n) is 13.6. The third kappa shape index (κ3) is 3.06. The molecule has 40 heavy (non-hydrogen) atoms. The van der Waals surface area contributed by atoms with Crippen LogP contribution in [0.3, 0.4) is 0 Å². The van der Waals surface area contributed by atoms with Crippen LogP contribution in [0.2, 0.25) is 0 Å². The van der Waals surface area contributed by atoms with Crippen LogP contribution in [0.1, 0.15) is 40.5 Å². The lowest BCUT2D eigenvalue weighted by atomic mass is 9.62. The van der Waals surface area contributed by atoms with Crippen molar-refractivity contribution in [1.82, 2.24) is 0 Å². The maximum Gasteiger partial charge on any atom is 0.135 e. The first-order valence-corrected chi connectivity index (χ1v) is 13.6. The highest BCUT2D eigenvalue weighted by Crippen LogP contribution is 2.62. The summed E-state index contributed by atoms with van der Waals surface area (Å²) in [6.45, 7) is 4.05. The Morgan fingerprint density at radius 2 is 1.23 bits per heavy atom. The highest BCUT2D eigenvalue weighted by atomic mass is 16.5. The molecule has 192 valence electrons. The van der Waals surface area contributed by atoms with Crippen LogP contribution in [-0.2, 0) is 5.41 Å². The Kier molecular flexibility index (Phi) is 4.86. The molecule has 2 aliphatic heterocycles. The van der Waals surface area contributed by atoms with Gasteiger partial charge >= 0.3 is 0 Å². The van der Waals surface area contributed by atoms with E-state index in [1.165, 1.54) is 5.56 Å². The van der Waals surface area contributed by atoms with Crippen LogP contribution in [-0.4, -0.2) is 0 Å². The molecule has 3 heterocycles. The van der Waals surface area contributed by atoms with E-state index in [4.69, 9.17) is 13.9 Å². The number of rotatable bonds is 3. The van der Waals surface area contributed by atoms with Gasteiger partial charge in [-0.3, -0.25) is 0 Å². The van der Waals surface area contributed by atoms with Gasteiger partial charge in [-0.15, -0.1) is 0 Å². The number of allylic oxidation sites excluding steroid dienone is 1. The lowest BCUT2D eigenvalue weighted by Gasteiger charge is -2.45.